The van der Waals surface area contributed by atoms with Crippen LogP contribution >= 0.6 is 11.3 Å². The molecule has 2 amide bonds. The van der Waals surface area contributed by atoms with Crippen LogP contribution in [-0.4, -0.2) is 37.8 Å². The molecule has 7 nitrogen and oxygen atoms in total. The van der Waals surface area contributed by atoms with E-state index < -0.39 is 5.91 Å². The largest absolute Gasteiger partial charge is 0.364 e. The third-order valence-electron chi connectivity index (χ3n) is 3.64. The van der Waals surface area contributed by atoms with E-state index in [1.807, 2.05) is 5.38 Å². The summed E-state index contributed by atoms with van der Waals surface area (Å²) in [5.74, 6) is 0.0909. The maximum Gasteiger partial charge on any atom is 0.273 e. The minimum atomic E-state index is -0.498. The molecular weight excluding hydrogens is 302 g/mol. The molecule has 0 fully saturated rings. The number of aryl methyl sites for hydroxylation is 1. The molecule has 2 N–H and O–H groups in total. The zero-order valence-electron chi connectivity index (χ0n) is 12.3. The van der Waals surface area contributed by atoms with Gasteiger partial charge in [-0.15, -0.1) is 11.3 Å². The Hall–Kier alpha value is -2.22. The third-order valence-corrected chi connectivity index (χ3v) is 4.55. The van der Waals surface area contributed by atoms with Crippen molar-refractivity contribution in [3.63, 3.8) is 0 Å². The smallest absolute Gasteiger partial charge is 0.273 e. The number of thiazole rings is 1. The second-order valence-corrected chi connectivity index (χ2v) is 6.12. The second-order valence-electron chi connectivity index (χ2n) is 5.18. The van der Waals surface area contributed by atoms with Crippen molar-refractivity contribution in [2.45, 2.75) is 32.9 Å². The van der Waals surface area contributed by atoms with Gasteiger partial charge in [-0.1, -0.05) is 6.92 Å². The Morgan fingerprint density at radius 3 is 2.95 bits per heavy atom. The van der Waals surface area contributed by atoms with E-state index in [9.17, 15) is 9.59 Å². The fourth-order valence-electron chi connectivity index (χ4n) is 2.53. The van der Waals surface area contributed by atoms with Crippen LogP contribution in [0.4, 0.5) is 0 Å². The molecule has 0 bridgehead atoms. The molecule has 0 saturated heterocycles. The molecule has 2 aromatic heterocycles. The number of hydrogen-bond acceptors (Lipinski definition) is 5. The van der Waals surface area contributed by atoms with Gasteiger partial charge in [0.15, 0.2) is 0 Å². The molecule has 0 atom stereocenters. The lowest BCUT2D eigenvalue weighted by molar-refractivity contribution is 0.0701. The number of aromatic nitrogens is 3. The van der Waals surface area contributed by atoms with Gasteiger partial charge in [0, 0.05) is 18.5 Å². The van der Waals surface area contributed by atoms with Crippen molar-refractivity contribution in [1.29, 1.82) is 0 Å². The Morgan fingerprint density at radius 2 is 2.23 bits per heavy atom. The minimum absolute atomic E-state index is 0.0894. The van der Waals surface area contributed by atoms with Gasteiger partial charge in [-0.25, -0.2) is 9.97 Å². The lowest BCUT2D eigenvalue weighted by Gasteiger charge is -2.27. The predicted molar refractivity (Wildman–Crippen MR) is 81.6 cm³/mol. The molecule has 0 spiro atoms. The summed E-state index contributed by atoms with van der Waals surface area (Å²) in [6, 6.07) is 0. The van der Waals surface area contributed by atoms with Gasteiger partial charge >= 0.3 is 0 Å². The zero-order chi connectivity index (χ0) is 15.7. The summed E-state index contributed by atoms with van der Waals surface area (Å²) in [4.78, 5) is 34.1. The monoisotopic (exact) mass is 319 g/mol. The predicted octanol–water partition coefficient (Wildman–Crippen LogP) is 1.05. The number of primary amides is 1. The summed E-state index contributed by atoms with van der Waals surface area (Å²) in [5, 5.41) is 2.80. The molecule has 0 saturated carbocycles. The van der Waals surface area contributed by atoms with Gasteiger partial charge in [0.05, 0.1) is 17.7 Å². The zero-order valence-corrected chi connectivity index (χ0v) is 13.1. The van der Waals surface area contributed by atoms with Crippen LogP contribution in [0.5, 0.6) is 0 Å². The Kier molecular flexibility index (Phi) is 3.93. The minimum Gasteiger partial charge on any atom is -0.364 e. The van der Waals surface area contributed by atoms with Crippen molar-refractivity contribution in [3.8, 4) is 0 Å². The van der Waals surface area contributed by atoms with Crippen molar-refractivity contribution >= 4 is 23.2 Å². The first kappa shape index (κ1) is 14.7. The molecule has 0 radical (unpaired) electrons. The number of carbonyl (C=O) groups excluding carboxylic acids is 2. The average Bonchev–Trinajstić information content (AvgIpc) is 3.12. The first-order chi connectivity index (χ1) is 10.6. The molecule has 22 heavy (non-hydrogen) atoms. The Morgan fingerprint density at radius 1 is 1.41 bits per heavy atom. The highest BCUT2D eigenvalue weighted by Crippen LogP contribution is 2.18. The highest BCUT2D eigenvalue weighted by Gasteiger charge is 2.26. The highest BCUT2D eigenvalue weighted by molar-refractivity contribution is 7.09. The topological polar surface area (TPSA) is 94.1 Å². The Labute approximate surface area is 131 Å². The summed E-state index contributed by atoms with van der Waals surface area (Å²) in [7, 11) is 0. The van der Waals surface area contributed by atoms with E-state index >= 15 is 0 Å². The number of rotatable bonds is 4. The second kappa shape index (κ2) is 5.88. The van der Waals surface area contributed by atoms with Crippen LogP contribution in [0.1, 0.15) is 45.2 Å². The molecule has 2 aromatic rings. The van der Waals surface area contributed by atoms with E-state index in [1.54, 1.807) is 9.47 Å². The Bertz CT molecular complexity index is 721. The molecule has 1 aliphatic rings. The molecule has 1 aliphatic heterocycles. The maximum atomic E-state index is 12.5. The van der Waals surface area contributed by atoms with Gasteiger partial charge in [-0.05, 0) is 12.8 Å². The number of imidazole rings is 1. The summed E-state index contributed by atoms with van der Waals surface area (Å²) in [6.45, 7) is 3.49. The van der Waals surface area contributed by atoms with Crippen LogP contribution in [0.25, 0.3) is 0 Å². The van der Waals surface area contributed by atoms with Crippen molar-refractivity contribution in [3.05, 3.63) is 33.8 Å². The molecule has 116 valence electrons. The number of fused-ring (bicyclic) bond motifs is 1. The van der Waals surface area contributed by atoms with Crippen LogP contribution in [-0.2, 0) is 19.5 Å². The van der Waals surface area contributed by atoms with Crippen LogP contribution in [0.15, 0.2) is 11.6 Å². The SMILES string of the molecule is CCCc1nc(C(=O)N2CCn3c(C(N)=O)cnc3C2)cs1. The quantitative estimate of drug-likeness (QED) is 0.911. The fourth-order valence-corrected chi connectivity index (χ4v) is 3.40. The van der Waals surface area contributed by atoms with Gasteiger partial charge in [0.1, 0.15) is 17.2 Å². The number of hydrogen-bond donors (Lipinski definition) is 1. The summed E-state index contributed by atoms with van der Waals surface area (Å²) < 4.78 is 1.77. The molecular formula is C14H17N5O2S. The maximum absolute atomic E-state index is 12.5. The van der Waals surface area contributed by atoms with Crippen molar-refractivity contribution < 1.29 is 9.59 Å². The molecule has 3 heterocycles. The van der Waals surface area contributed by atoms with E-state index in [0.717, 1.165) is 17.8 Å². The van der Waals surface area contributed by atoms with Crippen LogP contribution in [0.2, 0.25) is 0 Å². The average molecular weight is 319 g/mol. The van der Waals surface area contributed by atoms with E-state index in [0.29, 0.717) is 36.8 Å². The van der Waals surface area contributed by atoms with Gasteiger partial charge in [-0.3, -0.25) is 9.59 Å². The van der Waals surface area contributed by atoms with Gasteiger partial charge in [-0.2, -0.15) is 0 Å². The van der Waals surface area contributed by atoms with Gasteiger partial charge in [0.2, 0.25) is 0 Å². The highest BCUT2D eigenvalue weighted by atomic mass is 32.1. The summed E-state index contributed by atoms with van der Waals surface area (Å²) in [6.07, 6.45) is 3.37. The van der Waals surface area contributed by atoms with E-state index in [4.69, 9.17) is 5.73 Å². The summed E-state index contributed by atoms with van der Waals surface area (Å²) >= 11 is 1.52. The van der Waals surface area contributed by atoms with E-state index in [1.165, 1.54) is 17.5 Å². The molecule has 0 unspecified atom stereocenters. The molecule has 8 heteroatoms. The number of carbonyl (C=O) groups is 2. The van der Waals surface area contributed by atoms with Crippen molar-refractivity contribution in [2.75, 3.05) is 6.54 Å². The van der Waals surface area contributed by atoms with Gasteiger partial charge in [0.25, 0.3) is 11.8 Å². The number of nitrogens with two attached hydrogens (primary N) is 1. The standard InChI is InChI=1S/C14H17N5O2S/c1-2-3-12-17-9(8-22-12)14(21)18-4-5-19-10(13(15)20)6-16-11(19)7-18/h6,8H,2-5,7H2,1H3,(H2,15,20). The normalized spacial score (nSPS) is 14.0. The number of amides is 2. The molecule has 0 aliphatic carbocycles. The lowest BCUT2D eigenvalue weighted by Crippen LogP contribution is -2.39. The Balaban J connectivity index is 1.76. The van der Waals surface area contributed by atoms with Crippen LogP contribution in [0.3, 0.4) is 0 Å². The third kappa shape index (κ3) is 2.61. The van der Waals surface area contributed by atoms with Crippen LogP contribution in [0, 0.1) is 0 Å². The van der Waals surface area contributed by atoms with Gasteiger partial charge < -0.3 is 15.2 Å². The fraction of sp³-hybridized carbons (Fsp3) is 0.429. The lowest BCUT2D eigenvalue weighted by atomic mass is 10.3. The van der Waals surface area contributed by atoms with E-state index in [2.05, 4.69) is 16.9 Å². The van der Waals surface area contributed by atoms with Crippen molar-refractivity contribution in [1.82, 2.24) is 19.4 Å². The van der Waals surface area contributed by atoms with Crippen LogP contribution < -0.4 is 5.73 Å². The molecule has 0 aromatic carbocycles. The first-order valence-corrected chi connectivity index (χ1v) is 8.06. The number of nitrogens with zero attached hydrogens (tertiary/aromatic N) is 4. The summed E-state index contributed by atoms with van der Waals surface area (Å²) in [5.41, 5.74) is 6.19. The first-order valence-electron chi connectivity index (χ1n) is 7.18. The van der Waals surface area contributed by atoms with E-state index in [-0.39, 0.29) is 5.91 Å². The molecule has 3 rings (SSSR count). The van der Waals surface area contributed by atoms with Crippen molar-refractivity contribution in [2.24, 2.45) is 5.73 Å².